The molecule has 1 aliphatic rings. The van der Waals surface area contributed by atoms with Crippen molar-refractivity contribution < 1.29 is 9.53 Å². The fourth-order valence-corrected chi connectivity index (χ4v) is 2.65. The lowest BCUT2D eigenvalue weighted by atomic mass is 10.1. The Balaban J connectivity index is 1.70. The molecule has 4 nitrogen and oxygen atoms in total. The number of nitrogens with one attached hydrogen (secondary N) is 1. The highest BCUT2D eigenvalue weighted by Crippen LogP contribution is 2.12. The summed E-state index contributed by atoms with van der Waals surface area (Å²) in [5.41, 5.74) is 0. The molecule has 1 aromatic carbocycles. The Kier molecular flexibility index (Phi) is 6.54. The predicted molar refractivity (Wildman–Crippen MR) is 84.4 cm³/mol. The van der Waals surface area contributed by atoms with Crippen molar-refractivity contribution in [3.63, 3.8) is 0 Å². The smallest absolute Gasteiger partial charge is 0.226 e. The van der Waals surface area contributed by atoms with Gasteiger partial charge in [0, 0.05) is 19.1 Å². The SMILES string of the molecule is CCCNC1CCCN(C(=O)CCOc2ccccc2)C1. The topological polar surface area (TPSA) is 41.6 Å². The lowest BCUT2D eigenvalue weighted by Gasteiger charge is -2.33. The largest absolute Gasteiger partial charge is 0.493 e. The first kappa shape index (κ1) is 15.8. The summed E-state index contributed by atoms with van der Waals surface area (Å²) in [6.45, 7) is 5.37. The van der Waals surface area contributed by atoms with E-state index in [-0.39, 0.29) is 5.91 Å². The highest BCUT2D eigenvalue weighted by Gasteiger charge is 2.22. The standard InChI is InChI=1S/C17H26N2O2/c1-2-11-18-15-7-6-12-19(14-15)17(20)10-13-21-16-8-4-3-5-9-16/h3-5,8-9,15,18H,2,6-7,10-14H2,1H3. The maximum absolute atomic E-state index is 12.2. The summed E-state index contributed by atoms with van der Waals surface area (Å²) in [6.07, 6.45) is 3.85. The van der Waals surface area contributed by atoms with Gasteiger partial charge in [-0.3, -0.25) is 4.79 Å². The van der Waals surface area contributed by atoms with E-state index in [9.17, 15) is 4.79 Å². The first-order valence-electron chi connectivity index (χ1n) is 7.98. The number of carbonyl (C=O) groups excluding carboxylic acids is 1. The van der Waals surface area contributed by atoms with Gasteiger partial charge < -0.3 is 15.0 Å². The predicted octanol–water partition coefficient (Wildman–Crippen LogP) is 2.45. The minimum atomic E-state index is 0.203. The summed E-state index contributed by atoms with van der Waals surface area (Å²) in [6, 6.07) is 10.1. The minimum absolute atomic E-state index is 0.203. The molecule has 0 saturated carbocycles. The molecule has 1 amide bonds. The Labute approximate surface area is 127 Å². The van der Waals surface area contributed by atoms with Gasteiger partial charge in [-0.1, -0.05) is 25.1 Å². The van der Waals surface area contributed by atoms with Crippen LogP contribution in [0.5, 0.6) is 5.75 Å². The average Bonchev–Trinajstić information content (AvgIpc) is 2.54. The van der Waals surface area contributed by atoms with Crippen LogP contribution < -0.4 is 10.1 Å². The fraction of sp³-hybridized carbons (Fsp3) is 0.588. The van der Waals surface area contributed by atoms with E-state index >= 15 is 0 Å². The number of piperidine rings is 1. The van der Waals surface area contributed by atoms with Crippen molar-refractivity contribution in [2.75, 3.05) is 26.2 Å². The monoisotopic (exact) mass is 290 g/mol. The number of amides is 1. The Morgan fingerprint density at radius 1 is 1.38 bits per heavy atom. The Bertz CT molecular complexity index is 422. The van der Waals surface area contributed by atoms with Crippen molar-refractivity contribution in [3.8, 4) is 5.75 Å². The fourth-order valence-electron chi connectivity index (χ4n) is 2.65. The van der Waals surface area contributed by atoms with Gasteiger partial charge in [-0.05, 0) is 37.9 Å². The van der Waals surface area contributed by atoms with Gasteiger partial charge in [0.2, 0.25) is 5.91 Å². The average molecular weight is 290 g/mol. The first-order chi connectivity index (χ1) is 10.3. The van der Waals surface area contributed by atoms with Crippen LogP contribution >= 0.6 is 0 Å². The van der Waals surface area contributed by atoms with Crippen LogP contribution in [0.1, 0.15) is 32.6 Å². The van der Waals surface area contributed by atoms with E-state index < -0.39 is 0 Å². The summed E-state index contributed by atoms with van der Waals surface area (Å²) in [4.78, 5) is 14.2. The Morgan fingerprint density at radius 2 is 2.19 bits per heavy atom. The van der Waals surface area contributed by atoms with Crippen molar-refractivity contribution in [1.82, 2.24) is 10.2 Å². The molecule has 1 aliphatic heterocycles. The zero-order chi connectivity index (χ0) is 14.9. The molecule has 1 aromatic rings. The highest BCUT2D eigenvalue weighted by molar-refractivity contribution is 5.76. The van der Waals surface area contributed by atoms with Crippen molar-refractivity contribution in [1.29, 1.82) is 0 Å². The molecule has 2 rings (SSSR count). The van der Waals surface area contributed by atoms with E-state index in [1.165, 1.54) is 6.42 Å². The summed E-state index contributed by atoms with van der Waals surface area (Å²) >= 11 is 0. The van der Waals surface area contributed by atoms with Gasteiger partial charge in [-0.25, -0.2) is 0 Å². The lowest BCUT2D eigenvalue weighted by Crippen LogP contribution is -2.48. The minimum Gasteiger partial charge on any atom is -0.493 e. The number of ether oxygens (including phenoxy) is 1. The van der Waals surface area contributed by atoms with Crippen LogP contribution in [0.2, 0.25) is 0 Å². The molecule has 1 unspecified atom stereocenters. The number of benzene rings is 1. The molecule has 21 heavy (non-hydrogen) atoms. The van der Waals surface area contributed by atoms with Crippen LogP contribution in [0.25, 0.3) is 0 Å². The summed E-state index contributed by atoms with van der Waals surface area (Å²) < 4.78 is 5.60. The van der Waals surface area contributed by atoms with Crippen LogP contribution in [-0.2, 0) is 4.79 Å². The van der Waals surface area contributed by atoms with Crippen LogP contribution in [0.4, 0.5) is 0 Å². The molecule has 116 valence electrons. The van der Waals surface area contributed by atoms with E-state index in [2.05, 4.69) is 12.2 Å². The third-order valence-corrected chi connectivity index (χ3v) is 3.78. The molecule has 0 radical (unpaired) electrons. The van der Waals surface area contributed by atoms with E-state index in [0.29, 0.717) is 19.1 Å². The maximum atomic E-state index is 12.2. The van der Waals surface area contributed by atoms with Crippen LogP contribution in [-0.4, -0.2) is 43.1 Å². The molecule has 1 N–H and O–H groups in total. The van der Waals surface area contributed by atoms with Gasteiger partial charge in [-0.15, -0.1) is 0 Å². The van der Waals surface area contributed by atoms with Crippen LogP contribution in [0.15, 0.2) is 30.3 Å². The Morgan fingerprint density at radius 3 is 2.95 bits per heavy atom. The maximum Gasteiger partial charge on any atom is 0.226 e. The number of nitrogens with zero attached hydrogens (tertiary/aromatic N) is 1. The number of para-hydroxylation sites is 1. The van der Waals surface area contributed by atoms with Crippen molar-refractivity contribution >= 4 is 5.91 Å². The molecule has 1 saturated heterocycles. The van der Waals surface area contributed by atoms with E-state index in [4.69, 9.17) is 4.74 Å². The zero-order valence-corrected chi connectivity index (χ0v) is 12.9. The molecule has 0 aromatic heterocycles. The third kappa shape index (κ3) is 5.38. The van der Waals surface area contributed by atoms with Gasteiger partial charge in [0.05, 0.1) is 13.0 Å². The first-order valence-corrected chi connectivity index (χ1v) is 7.98. The number of carbonyl (C=O) groups is 1. The number of hydrogen-bond acceptors (Lipinski definition) is 3. The quantitative estimate of drug-likeness (QED) is 0.838. The van der Waals surface area contributed by atoms with Crippen LogP contribution in [0, 0.1) is 0 Å². The van der Waals surface area contributed by atoms with Gasteiger partial charge in [0.25, 0.3) is 0 Å². The van der Waals surface area contributed by atoms with Crippen molar-refractivity contribution in [2.45, 2.75) is 38.6 Å². The molecule has 4 heteroatoms. The summed E-state index contributed by atoms with van der Waals surface area (Å²) in [5, 5.41) is 3.51. The van der Waals surface area contributed by atoms with Gasteiger partial charge >= 0.3 is 0 Å². The number of likely N-dealkylation sites (tertiary alicyclic amines) is 1. The molecule has 1 heterocycles. The Hall–Kier alpha value is -1.55. The van der Waals surface area contributed by atoms with Crippen molar-refractivity contribution in [3.05, 3.63) is 30.3 Å². The van der Waals surface area contributed by atoms with Gasteiger partial charge in [0.15, 0.2) is 0 Å². The summed E-state index contributed by atoms with van der Waals surface area (Å²) in [5.74, 6) is 1.03. The normalized spacial score (nSPS) is 18.5. The third-order valence-electron chi connectivity index (χ3n) is 3.78. The second kappa shape index (κ2) is 8.67. The lowest BCUT2D eigenvalue weighted by molar-refractivity contribution is -0.133. The van der Waals surface area contributed by atoms with Crippen molar-refractivity contribution in [2.24, 2.45) is 0 Å². The molecule has 0 spiro atoms. The summed E-state index contributed by atoms with van der Waals surface area (Å²) in [7, 11) is 0. The molecular formula is C17H26N2O2. The second-order valence-corrected chi connectivity index (χ2v) is 5.54. The second-order valence-electron chi connectivity index (χ2n) is 5.54. The van der Waals surface area contributed by atoms with E-state index in [1.807, 2.05) is 35.2 Å². The number of hydrogen-bond donors (Lipinski definition) is 1. The zero-order valence-electron chi connectivity index (χ0n) is 12.9. The van der Waals surface area contributed by atoms with Crippen LogP contribution in [0.3, 0.4) is 0 Å². The highest BCUT2D eigenvalue weighted by atomic mass is 16.5. The molecule has 0 aliphatic carbocycles. The van der Waals surface area contributed by atoms with Gasteiger partial charge in [-0.2, -0.15) is 0 Å². The molecular weight excluding hydrogens is 264 g/mol. The molecule has 1 atom stereocenters. The van der Waals surface area contributed by atoms with E-state index in [0.717, 1.165) is 38.2 Å². The van der Waals surface area contributed by atoms with E-state index in [1.54, 1.807) is 0 Å². The molecule has 0 bridgehead atoms. The van der Waals surface area contributed by atoms with Gasteiger partial charge in [0.1, 0.15) is 5.75 Å². The number of rotatable bonds is 7. The molecule has 1 fully saturated rings.